The van der Waals surface area contributed by atoms with Gasteiger partial charge < -0.3 is 10.6 Å². The molecule has 0 heterocycles. The van der Waals surface area contributed by atoms with Crippen LogP contribution in [-0.2, 0) is 4.79 Å². The number of halogens is 1. The third kappa shape index (κ3) is 6.09. The summed E-state index contributed by atoms with van der Waals surface area (Å²) >= 11 is 7.32. The first-order valence-electron chi connectivity index (χ1n) is 7.64. The summed E-state index contributed by atoms with van der Waals surface area (Å²) in [5.41, 5.74) is 1.97. The molecule has 0 saturated carbocycles. The molecule has 0 aliphatic heterocycles. The van der Waals surface area contributed by atoms with Crippen LogP contribution in [0.4, 0.5) is 11.4 Å². The molecule has 0 atom stereocenters. The van der Waals surface area contributed by atoms with E-state index in [1.807, 2.05) is 26.0 Å². The Kier molecular flexibility index (Phi) is 6.89. The smallest absolute Gasteiger partial charge is 0.257 e. The maximum atomic E-state index is 12.1. The highest BCUT2D eigenvalue weighted by molar-refractivity contribution is 14.1. The van der Waals surface area contributed by atoms with E-state index in [1.165, 1.54) is 0 Å². The summed E-state index contributed by atoms with van der Waals surface area (Å²) in [6, 6.07) is 14.3. The van der Waals surface area contributed by atoms with Crippen LogP contribution in [0.25, 0.3) is 0 Å². The molecule has 0 saturated heterocycles. The Morgan fingerprint density at radius 2 is 1.60 bits per heavy atom. The number of amides is 2. The van der Waals surface area contributed by atoms with Gasteiger partial charge in [0.25, 0.3) is 5.91 Å². The van der Waals surface area contributed by atoms with Crippen molar-refractivity contribution in [1.29, 1.82) is 0 Å². The Hall–Kier alpha value is -2.00. The zero-order chi connectivity index (χ0) is 18.4. The summed E-state index contributed by atoms with van der Waals surface area (Å²) < 4.78 is 0.975. The van der Waals surface area contributed by atoms with Gasteiger partial charge in [0.1, 0.15) is 0 Å². The molecule has 0 radical (unpaired) electrons. The van der Waals surface area contributed by atoms with Gasteiger partial charge in [-0.1, -0.05) is 19.9 Å². The highest BCUT2D eigenvalue weighted by atomic mass is 127. The number of carbonyl (C=O) groups is 2. The van der Waals surface area contributed by atoms with Crippen LogP contribution in [0.15, 0.2) is 48.5 Å². The second-order valence-corrected chi connectivity index (χ2v) is 7.29. The highest BCUT2D eigenvalue weighted by Gasteiger charge is 2.09. The summed E-state index contributed by atoms with van der Waals surface area (Å²) in [5.74, 6) is -0.389. The summed E-state index contributed by atoms with van der Waals surface area (Å²) in [5, 5.41) is 8.61. The largest absolute Gasteiger partial charge is 0.332 e. The molecule has 0 aliphatic carbocycles. The van der Waals surface area contributed by atoms with Crippen molar-refractivity contribution in [2.24, 2.45) is 5.92 Å². The Bertz CT molecular complexity index is 791. The number of rotatable bonds is 4. The van der Waals surface area contributed by atoms with Gasteiger partial charge in [0.05, 0.1) is 0 Å². The minimum Gasteiger partial charge on any atom is -0.332 e. The fourth-order valence-electron chi connectivity index (χ4n) is 1.89. The van der Waals surface area contributed by atoms with E-state index in [0.717, 1.165) is 9.26 Å². The van der Waals surface area contributed by atoms with Crippen LogP contribution in [0, 0.1) is 9.49 Å². The van der Waals surface area contributed by atoms with Gasteiger partial charge in [-0.2, -0.15) is 0 Å². The Morgan fingerprint density at radius 3 is 2.16 bits per heavy atom. The van der Waals surface area contributed by atoms with Crippen LogP contribution < -0.4 is 16.0 Å². The number of hydrogen-bond donors (Lipinski definition) is 3. The van der Waals surface area contributed by atoms with Crippen molar-refractivity contribution in [3.05, 3.63) is 57.7 Å². The van der Waals surface area contributed by atoms with E-state index in [0.29, 0.717) is 11.3 Å². The molecular formula is C18H18IN3O2S. The van der Waals surface area contributed by atoms with Crippen LogP contribution in [0.1, 0.15) is 24.2 Å². The van der Waals surface area contributed by atoms with Crippen LogP contribution >= 0.6 is 34.8 Å². The van der Waals surface area contributed by atoms with Gasteiger partial charge in [-0.3, -0.25) is 14.9 Å². The van der Waals surface area contributed by atoms with Gasteiger partial charge >= 0.3 is 0 Å². The molecular weight excluding hydrogens is 449 g/mol. The molecule has 130 valence electrons. The molecule has 0 aromatic heterocycles. The van der Waals surface area contributed by atoms with Crippen molar-refractivity contribution in [2.45, 2.75) is 13.8 Å². The van der Waals surface area contributed by atoms with Crippen molar-refractivity contribution in [1.82, 2.24) is 5.32 Å². The summed E-state index contributed by atoms with van der Waals surface area (Å²) in [6.45, 7) is 3.67. The first-order valence-corrected chi connectivity index (χ1v) is 9.12. The molecule has 0 fully saturated rings. The number of thiocarbonyl (C=S) groups is 1. The molecule has 7 heteroatoms. The quantitative estimate of drug-likeness (QED) is 0.470. The summed E-state index contributed by atoms with van der Waals surface area (Å²) in [6.07, 6.45) is 0. The minimum atomic E-state index is -0.267. The lowest BCUT2D eigenvalue weighted by Gasteiger charge is -2.11. The maximum Gasteiger partial charge on any atom is 0.257 e. The first kappa shape index (κ1) is 19.3. The van der Waals surface area contributed by atoms with Gasteiger partial charge in [0.2, 0.25) is 5.91 Å². The van der Waals surface area contributed by atoms with E-state index in [-0.39, 0.29) is 22.8 Å². The van der Waals surface area contributed by atoms with Gasteiger partial charge in [0, 0.05) is 26.4 Å². The summed E-state index contributed by atoms with van der Waals surface area (Å²) in [7, 11) is 0. The average molecular weight is 467 g/mol. The predicted octanol–water partition coefficient (Wildman–Crippen LogP) is 4.01. The normalized spacial score (nSPS) is 10.2. The van der Waals surface area contributed by atoms with E-state index in [2.05, 4.69) is 38.5 Å². The van der Waals surface area contributed by atoms with Crippen molar-refractivity contribution in [3.63, 3.8) is 0 Å². The number of anilines is 2. The van der Waals surface area contributed by atoms with Crippen molar-refractivity contribution in [3.8, 4) is 0 Å². The molecule has 2 aromatic carbocycles. The topological polar surface area (TPSA) is 70.2 Å². The standard InChI is InChI=1S/C18H18IN3O2S/c1-11(2)16(23)20-14-6-8-15(9-7-14)21-18(25)22-17(24)12-4-3-5-13(19)10-12/h3-11H,1-2H3,(H,20,23)(H2,21,22,24,25). The van der Waals surface area contributed by atoms with E-state index in [4.69, 9.17) is 12.2 Å². The lowest BCUT2D eigenvalue weighted by atomic mass is 10.2. The van der Waals surface area contributed by atoms with E-state index in [1.54, 1.807) is 36.4 Å². The first-order chi connectivity index (χ1) is 11.8. The molecule has 0 spiro atoms. The fraction of sp³-hybridized carbons (Fsp3) is 0.167. The minimum absolute atomic E-state index is 0.0408. The monoisotopic (exact) mass is 467 g/mol. The van der Waals surface area contributed by atoms with Crippen LogP contribution in [0.2, 0.25) is 0 Å². The van der Waals surface area contributed by atoms with Crippen LogP contribution in [-0.4, -0.2) is 16.9 Å². The van der Waals surface area contributed by atoms with Gasteiger partial charge in [-0.25, -0.2) is 0 Å². The number of hydrogen-bond acceptors (Lipinski definition) is 3. The Labute approximate surface area is 165 Å². The van der Waals surface area contributed by atoms with Crippen LogP contribution in [0.3, 0.4) is 0 Å². The van der Waals surface area contributed by atoms with E-state index >= 15 is 0 Å². The van der Waals surface area contributed by atoms with E-state index < -0.39 is 0 Å². The lowest BCUT2D eigenvalue weighted by Crippen LogP contribution is -2.34. The second kappa shape index (κ2) is 8.91. The summed E-state index contributed by atoms with van der Waals surface area (Å²) in [4.78, 5) is 23.8. The molecule has 5 nitrogen and oxygen atoms in total. The average Bonchev–Trinajstić information content (AvgIpc) is 2.56. The van der Waals surface area contributed by atoms with E-state index in [9.17, 15) is 9.59 Å². The predicted molar refractivity (Wildman–Crippen MR) is 113 cm³/mol. The Balaban J connectivity index is 1.92. The van der Waals surface area contributed by atoms with Gasteiger partial charge in [0.15, 0.2) is 5.11 Å². The Morgan fingerprint density at radius 1 is 1.00 bits per heavy atom. The number of carbonyl (C=O) groups excluding carboxylic acids is 2. The third-order valence-corrected chi connectivity index (χ3v) is 4.12. The lowest BCUT2D eigenvalue weighted by molar-refractivity contribution is -0.118. The number of nitrogens with one attached hydrogen (secondary N) is 3. The van der Waals surface area contributed by atoms with Crippen molar-refractivity contribution in [2.75, 3.05) is 10.6 Å². The van der Waals surface area contributed by atoms with Crippen molar-refractivity contribution >= 4 is 63.1 Å². The maximum absolute atomic E-state index is 12.1. The molecule has 3 N–H and O–H groups in total. The zero-order valence-corrected chi connectivity index (χ0v) is 16.8. The SMILES string of the molecule is CC(C)C(=O)Nc1ccc(NC(=S)NC(=O)c2cccc(I)c2)cc1. The molecule has 0 aliphatic rings. The fourth-order valence-corrected chi connectivity index (χ4v) is 2.64. The van der Waals surface area contributed by atoms with Crippen molar-refractivity contribution < 1.29 is 9.59 Å². The molecule has 0 unspecified atom stereocenters. The highest BCUT2D eigenvalue weighted by Crippen LogP contribution is 2.14. The van der Waals surface area contributed by atoms with Gasteiger partial charge in [-0.05, 0) is 77.3 Å². The molecule has 25 heavy (non-hydrogen) atoms. The molecule has 2 aromatic rings. The molecule has 2 amide bonds. The molecule has 2 rings (SSSR count). The second-order valence-electron chi connectivity index (χ2n) is 5.64. The number of benzene rings is 2. The third-order valence-electron chi connectivity index (χ3n) is 3.25. The van der Waals surface area contributed by atoms with Gasteiger partial charge in [-0.15, -0.1) is 0 Å². The zero-order valence-electron chi connectivity index (χ0n) is 13.8. The molecule has 0 bridgehead atoms. The van der Waals surface area contributed by atoms with Crippen LogP contribution in [0.5, 0.6) is 0 Å².